The predicted molar refractivity (Wildman–Crippen MR) is 56.5 cm³/mol. The Kier molecular flexibility index (Phi) is 2.13. The highest BCUT2D eigenvalue weighted by molar-refractivity contribution is 5.16. The van der Waals surface area contributed by atoms with Crippen LogP contribution in [0.1, 0.15) is 46.5 Å². The van der Waals surface area contributed by atoms with Crippen molar-refractivity contribution in [3.63, 3.8) is 0 Å². The van der Waals surface area contributed by atoms with Gasteiger partial charge in [0.15, 0.2) is 0 Å². The minimum Gasteiger partial charge on any atom is -0.374 e. The summed E-state index contributed by atoms with van der Waals surface area (Å²) < 4.78 is 0. The molecule has 0 N–H and O–H groups in total. The average Bonchev–Trinajstić information content (AvgIpc) is 2.63. The molecule has 2 fully saturated rings. The van der Waals surface area contributed by atoms with Crippen molar-refractivity contribution in [1.29, 1.82) is 0 Å². The fourth-order valence-electron chi connectivity index (χ4n) is 2.31. The SMILES string of the molecule is CC(C)(C)C1CCCN1C=C1CC1. The maximum absolute atomic E-state index is 2.59. The van der Waals surface area contributed by atoms with Crippen LogP contribution in [-0.4, -0.2) is 17.5 Å². The van der Waals surface area contributed by atoms with Crippen LogP contribution in [0.5, 0.6) is 0 Å². The molecule has 1 saturated carbocycles. The third kappa shape index (κ3) is 2.07. The van der Waals surface area contributed by atoms with E-state index in [-0.39, 0.29) is 0 Å². The first kappa shape index (κ1) is 9.11. The highest BCUT2D eigenvalue weighted by Crippen LogP contribution is 2.36. The first-order valence-corrected chi connectivity index (χ1v) is 5.53. The number of hydrogen-bond donors (Lipinski definition) is 0. The van der Waals surface area contributed by atoms with Gasteiger partial charge in [-0.25, -0.2) is 0 Å². The Morgan fingerprint density at radius 3 is 2.54 bits per heavy atom. The molecule has 1 heterocycles. The zero-order valence-electron chi connectivity index (χ0n) is 9.14. The van der Waals surface area contributed by atoms with Crippen LogP contribution in [0.15, 0.2) is 11.8 Å². The zero-order valence-corrected chi connectivity index (χ0v) is 9.14. The maximum atomic E-state index is 2.59. The number of nitrogens with zero attached hydrogens (tertiary/aromatic N) is 1. The van der Waals surface area contributed by atoms with Crippen molar-refractivity contribution in [2.24, 2.45) is 5.41 Å². The van der Waals surface area contributed by atoms with E-state index < -0.39 is 0 Å². The molecule has 0 aromatic heterocycles. The molecular formula is C12H21N. The van der Waals surface area contributed by atoms with E-state index in [4.69, 9.17) is 0 Å². The lowest BCUT2D eigenvalue weighted by Crippen LogP contribution is -2.35. The molecule has 1 aliphatic heterocycles. The van der Waals surface area contributed by atoms with Crippen molar-refractivity contribution in [2.45, 2.75) is 52.5 Å². The smallest absolute Gasteiger partial charge is 0.0333 e. The molecule has 0 amide bonds. The van der Waals surface area contributed by atoms with Crippen molar-refractivity contribution in [3.05, 3.63) is 11.8 Å². The van der Waals surface area contributed by atoms with Crippen molar-refractivity contribution in [1.82, 2.24) is 4.90 Å². The summed E-state index contributed by atoms with van der Waals surface area (Å²) in [5.74, 6) is 0. The number of hydrogen-bond acceptors (Lipinski definition) is 1. The van der Waals surface area contributed by atoms with Gasteiger partial charge in [0.05, 0.1) is 0 Å². The van der Waals surface area contributed by atoms with Gasteiger partial charge in [0, 0.05) is 12.6 Å². The fraction of sp³-hybridized carbons (Fsp3) is 0.833. The molecule has 74 valence electrons. The van der Waals surface area contributed by atoms with Crippen molar-refractivity contribution >= 4 is 0 Å². The fourth-order valence-corrected chi connectivity index (χ4v) is 2.31. The summed E-state index contributed by atoms with van der Waals surface area (Å²) in [6.45, 7) is 8.37. The summed E-state index contributed by atoms with van der Waals surface area (Å²) in [6.07, 6.45) is 7.91. The summed E-state index contributed by atoms with van der Waals surface area (Å²) in [4.78, 5) is 2.59. The molecule has 2 rings (SSSR count). The van der Waals surface area contributed by atoms with E-state index in [0.717, 1.165) is 6.04 Å². The van der Waals surface area contributed by atoms with Crippen molar-refractivity contribution < 1.29 is 0 Å². The summed E-state index contributed by atoms with van der Waals surface area (Å²) >= 11 is 0. The van der Waals surface area contributed by atoms with Gasteiger partial charge in [-0.05, 0) is 37.3 Å². The first-order valence-electron chi connectivity index (χ1n) is 5.53. The molecule has 1 nitrogen and oxygen atoms in total. The van der Waals surface area contributed by atoms with Crippen molar-refractivity contribution in [2.75, 3.05) is 6.54 Å². The van der Waals surface area contributed by atoms with E-state index in [1.165, 1.54) is 32.2 Å². The lowest BCUT2D eigenvalue weighted by atomic mass is 9.85. The third-order valence-electron chi connectivity index (χ3n) is 3.18. The van der Waals surface area contributed by atoms with Crippen LogP contribution in [-0.2, 0) is 0 Å². The minimum atomic E-state index is 0.447. The molecule has 2 aliphatic rings. The molecular weight excluding hydrogens is 158 g/mol. The lowest BCUT2D eigenvalue weighted by Gasteiger charge is -2.34. The minimum absolute atomic E-state index is 0.447. The molecule has 0 spiro atoms. The Morgan fingerprint density at radius 1 is 1.31 bits per heavy atom. The van der Waals surface area contributed by atoms with E-state index >= 15 is 0 Å². The molecule has 0 aromatic rings. The highest BCUT2D eigenvalue weighted by Gasteiger charge is 2.33. The Balaban J connectivity index is 2.05. The monoisotopic (exact) mass is 179 g/mol. The molecule has 0 bridgehead atoms. The van der Waals surface area contributed by atoms with Gasteiger partial charge in [-0.1, -0.05) is 26.3 Å². The second kappa shape index (κ2) is 3.04. The Bertz CT molecular complexity index is 216. The molecule has 13 heavy (non-hydrogen) atoms. The summed E-state index contributed by atoms with van der Waals surface area (Å²) in [5.41, 5.74) is 2.11. The number of likely N-dealkylation sites (tertiary alicyclic amines) is 1. The summed E-state index contributed by atoms with van der Waals surface area (Å²) in [7, 11) is 0. The molecule has 1 aliphatic carbocycles. The summed E-state index contributed by atoms with van der Waals surface area (Å²) in [6, 6.07) is 0.778. The predicted octanol–water partition coefficient (Wildman–Crippen LogP) is 3.17. The highest BCUT2D eigenvalue weighted by atomic mass is 15.2. The normalized spacial score (nSPS) is 28.1. The number of allylic oxidation sites excluding steroid dienone is 1. The quantitative estimate of drug-likeness (QED) is 0.597. The van der Waals surface area contributed by atoms with Gasteiger partial charge in [-0.15, -0.1) is 0 Å². The Morgan fingerprint density at radius 2 is 2.00 bits per heavy atom. The molecule has 0 radical (unpaired) electrons. The number of rotatable bonds is 1. The van der Waals surface area contributed by atoms with E-state index in [9.17, 15) is 0 Å². The van der Waals surface area contributed by atoms with Gasteiger partial charge < -0.3 is 4.90 Å². The first-order chi connectivity index (χ1) is 6.07. The van der Waals surface area contributed by atoms with Crippen LogP contribution in [0, 0.1) is 5.41 Å². The van der Waals surface area contributed by atoms with Gasteiger partial charge in [0.2, 0.25) is 0 Å². The average molecular weight is 179 g/mol. The third-order valence-corrected chi connectivity index (χ3v) is 3.18. The topological polar surface area (TPSA) is 3.24 Å². The molecule has 1 heteroatoms. The van der Waals surface area contributed by atoms with Crippen LogP contribution in [0.4, 0.5) is 0 Å². The van der Waals surface area contributed by atoms with E-state index in [1.54, 1.807) is 5.57 Å². The second-order valence-electron chi connectivity index (χ2n) is 5.55. The van der Waals surface area contributed by atoms with Gasteiger partial charge >= 0.3 is 0 Å². The second-order valence-corrected chi connectivity index (χ2v) is 5.55. The van der Waals surface area contributed by atoms with Crippen LogP contribution < -0.4 is 0 Å². The molecule has 1 atom stereocenters. The zero-order chi connectivity index (χ0) is 9.47. The maximum Gasteiger partial charge on any atom is 0.0333 e. The van der Waals surface area contributed by atoms with E-state index in [0.29, 0.717) is 5.41 Å². The van der Waals surface area contributed by atoms with Crippen LogP contribution in [0.3, 0.4) is 0 Å². The van der Waals surface area contributed by atoms with Gasteiger partial charge in [0.1, 0.15) is 0 Å². The molecule has 1 saturated heterocycles. The van der Waals surface area contributed by atoms with E-state index in [2.05, 4.69) is 31.9 Å². The standard InChI is InChI=1S/C12H21N/c1-12(2,3)11-5-4-8-13(11)9-10-6-7-10/h9,11H,4-8H2,1-3H3. The molecule has 0 aromatic carbocycles. The largest absolute Gasteiger partial charge is 0.374 e. The van der Waals surface area contributed by atoms with Crippen LogP contribution in [0.2, 0.25) is 0 Å². The van der Waals surface area contributed by atoms with Gasteiger partial charge in [-0.3, -0.25) is 0 Å². The summed E-state index contributed by atoms with van der Waals surface area (Å²) in [5, 5.41) is 0. The van der Waals surface area contributed by atoms with Gasteiger partial charge in [-0.2, -0.15) is 0 Å². The van der Waals surface area contributed by atoms with E-state index in [1.807, 2.05) is 0 Å². The Labute approximate surface area is 81.8 Å². The molecule has 1 unspecified atom stereocenters. The van der Waals surface area contributed by atoms with Crippen LogP contribution in [0.25, 0.3) is 0 Å². The van der Waals surface area contributed by atoms with Gasteiger partial charge in [0.25, 0.3) is 0 Å². The van der Waals surface area contributed by atoms with Crippen molar-refractivity contribution in [3.8, 4) is 0 Å². The Hall–Kier alpha value is -0.460. The van der Waals surface area contributed by atoms with Crippen LogP contribution >= 0.6 is 0 Å². The lowest BCUT2D eigenvalue weighted by molar-refractivity contribution is 0.188.